The molecule has 9 heteroatoms. The molecule has 24 heavy (non-hydrogen) atoms. The average molecular weight is 397 g/mol. The van der Waals surface area contributed by atoms with Gasteiger partial charge < -0.3 is 28.1 Å². The highest BCUT2D eigenvalue weighted by atomic mass is 32.1. The molecule has 6 nitrogen and oxygen atoms in total. The molecule has 1 heterocycles. The number of aromatic nitrogens is 2. The van der Waals surface area contributed by atoms with Crippen molar-refractivity contribution in [3.63, 3.8) is 0 Å². The van der Waals surface area contributed by atoms with E-state index < -0.39 is 0 Å². The Morgan fingerprint density at radius 2 is 1.17 bits per heavy atom. The summed E-state index contributed by atoms with van der Waals surface area (Å²) in [4.78, 5) is 0. The molecule has 0 aliphatic rings. The number of rotatable bonds is 14. The molecule has 0 amide bonds. The molecule has 1 aromatic rings. The normalized spacial score (nSPS) is 11.3. The number of ether oxygens (including phenoxy) is 4. The molecule has 0 saturated carbocycles. The zero-order valence-electron chi connectivity index (χ0n) is 14.4. The first kappa shape index (κ1) is 22.0. The second kappa shape index (κ2) is 13.2. The Morgan fingerprint density at radius 1 is 0.750 bits per heavy atom. The van der Waals surface area contributed by atoms with Gasteiger partial charge in [0.15, 0.2) is 4.77 Å². The molecule has 0 radical (unpaired) electrons. The molecule has 0 unspecified atom stereocenters. The molecule has 0 bridgehead atoms. The molecule has 0 atom stereocenters. The quantitative estimate of drug-likeness (QED) is 0.288. The van der Waals surface area contributed by atoms with E-state index in [9.17, 15) is 0 Å². The van der Waals surface area contributed by atoms with Gasteiger partial charge in [0.25, 0.3) is 0 Å². The van der Waals surface area contributed by atoms with E-state index in [1.165, 1.54) is 0 Å². The number of hydrogen-bond acceptors (Lipinski definition) is 7. The molecule has 140 valence electrons. The first-order valence-electron chi connectivity index (χ1n) is 7.98. The van der Waals surface area contributed by atoms with Crippen LogP contribution in [0.3, 0.4) is 0 Å². The molecular formula is C15H28N2O4S3. The first-order valence-corrected chi connectivity index (χ1v) is 9.28. The lowest BCUT2D eigenvalue weighted by Crippen LogP contribution is -2.08. The summed E-state index contributed by atoms with van der Waals surface area (Å²) in [5.74, 6) is 0. The second-order valence-corrected chi connectivity index (χ2v) is 6.36. The largest absolute Gasteiger partial charge is 0.382 e. The topological polar surface area (TPSA) is 46.8 Å². The molecule has 0 aliphatic carbocycles. The van der Waals surface area contributed by atoms with Crippen molar-refractivity contribution in [2.75, 3.05) is 53.9 Å². The van der Waals surface area contributed by atoms with E-state index in [0.29, 0.717) is 39.6 Å². The van der Waals surface area contributed by atoms with Gasteiger partial charge in [-0.05, 0) is 25.1 Å². The van der Waals surface area contributed by atoms with Crippen molar-refractivity contribution in [1.29, 1.82) is 0 Å². The van der Waals surface area contributed by atoms with Gasteiger partial charge in [-0.3, -0.25) is 0 Å². The van der Waals surface area contributed by atoms with Crippen LogP contribution in [0.5, 0.6) is 0 Å². The minimum Gasteiger partial charge on any atom is -0.382 e. The van der Waals surface area contributed by atoms with E-state index in [-0.39, 0.29) is 0 Å². The summed E-state index contributed by atoms with van der Waals surface area (Å²) < 4.78 is 25.6. The molecule has 0 aromatic carbocycles. The van der Waals surface area contributed by atoms with Crippen molar-refractivity contribution in [1.82, 2.24) is 9.13 Å². The highest BCUT2D eigenvalue weighted by Crippen LogP contribution is 2.22. The van der Waals surface area contributed by atoms with Crippen molar-refractivity contribution in [3.8, 4) is 0 Å². The van der Waals surface area contributed by atoms with Crippen molar-refractivity contribution in [2.24, 2.45) is 0 Å². The third-order valence-electron chi connectivity index (χ3n) is 3.38. The lowest BCUT2D eigenvalue weighted by Gasteiger charge is -2.07. The zero-order chi connectivity index (χ0) is 17.8. The fourth-order valence-electron chi connectivity index (χ4n) is 2.11. The van der Waals surface area contributed by atoms with Crippen LogP contribution in [0, 0.1) is 4.77 Å². The van der Waals surface area contributed by atoms with Gasteiger partial charge in [-0.25, -0.2) is 0 Å². The fraction of sp³-hybridized carbons (Fsp3) is 0.800. The summed E-state index contributed by atoms with van der Waals surface area (Å²) in [7, 11) is 3.32. The van der Waals surface area contributed by atoms with Crippen molar-refractivity contribution in [3.05, 3.63) is 4.77 Å². The van der Waals surface area contributed by atoms with Crippen LogP contribution < -0.4 is 0 Å². The van der Waals surface area contributed by atoms with Gasteiger partial charge in [0, 0.05) is 40.5 Å². The Bertz CT molecular complexity index is 477. The van der Waals surface area contributed by atoms with Gasteiger partial charge in [0.2, 0.25) is 0 Å². The second-order valence-electron chi connectivity index (χ2n) is 5.15. The SMILES string of the molecule is COCCOCCCn1c(S)c(S)n(CCCOCCOC)c1=S. The standard InChI is InChI=1S/C15H28N2O4S3/c1-18-9-11-20-7-3-5-16-13(22)14(23)17(15(16)24)6-4-8-21-12-10-19-2/h22-23H,3-12H2,1-2H3. The minimum atomic E-state index is 0.609. The van der Waals surface area contributed by atoms with Gasteiger partial charge >= 0.3 is 0 Å². The Kier molecular flexibility index (Phi) is 12.1. The van der Waals surface area contributed by atoms with Gasteiger partial charge in [-0.15, -0.1) is 25.3 Å². The van der Waals surface area contributed by atoms with Crippen LogP contribution in [0.1, 0.15) is 12.8 Å². The number of imidazole rings is 1. The Labute approximate surface area is 160 Å². The minimum absolute atomic E-state index is 0.609. The van der Waals surface area contributed by atoms with Crippen LogP contribution >= 0.6 is 37.5 Å². The van der Waals surface area contributed by atoms with Gasteiger partial charge in [-0.1, -0.05) is 0 Å². The summed E-state index contributed by atoms with van der Waals surface area (Å²) in [5.41, 5.74) is 0. The van der Waals surface area contributed by atoms with Crippen LogP contribution in [-0.2, 0) is 32.0 Å². The lowest BCUT2D eigenvalue weighted by molar-refractivity contribution is 0.0674. The highest BCUT2D eigenvalue weighted by molar-refractivity contribution is 7.83. The van der Waals surface area contributed by atoms with Crippen LogP contribution in [-0.4, -0.2) is 63.0 Å². The number of methoxy groups -OCH3 is 2. The van der Waals surface area contributed by atoms with Crippen LogP contribution in [0.15, 0.2) is 10.1 Å². The molecule has 0 spiro atoms. The van der Waals surface area contributed by atoms with Crippen molar-refractivity contribution in [2.45, 2.75) is 36.0 Å². The first-order chi connectivity index (χ1) is 11.6. The van der Waals surface area contributed by atoms with E-state index in [1.54, 1.807) is 14.2 Å². The molecule has 0 saturated heterocycles. The Balaban J connectivity index is 2.43. The van der Waals surface area contributed by atoms with E-state index >= 15 is 0 Å². The Morgan fingerprint density at radius 3 is 1.54 bits per heavy atom. The predicted molar refractivity (Wildman–Crippen MR) is 102 cm³/mol. The lowest BCUT2D eigenvalue weighted by atomic mass is 10.4. The maximum absolute atomic E-state index is 5.55. The summed E-state index contributed by atoms with van der Waals surface area (Å²) in [5, 5.41) is 1.58. The maximum Gasteiger partial charge on any atom is 0.181 e. The molecule has 0 N–H and O–H groups in total. The molecule has 0 fully saturated rings. The van der Waals surface area contributed by atoms with Crippen LogP contribution in [0.4, 0.5) is 0 Å². The predicted octanol–water partition coefficient (Wildman–Crippen LogP) is 2.70. The molecular weight excluding hydrogens is 368 g/mol. The summed E-state index contributed by atoms with van der Waals surface area (Å²) in [6.07, 6.45) is 1.73. The maximum atomic E-state index is 5.55. The van der Waals surface area contributed by atoms with Crippen LogP contribution in [0.2, 0.25) is 0 Å². The summed E-state index contributed by atoms with van der Waals surface area (Å²) in [6, 6.07) is 0. The Hall–Kier alpha value is -0.0300. The molecule has 1 aromatic heterocycles. The third kappa shape index (κ3) is 7.47. The van der Waals surface area contributed by atoms with Crippen molar-refractivity contribution >= 4 is 37.5 Å². The van der Waals surface area contributed by atoms with Gasteiger partial charge in [-0.2, -0.15) is 0 Å². The van der Waals surface area contributed by atoms with Gasteiger partial charge in [0.1, 0.15) is 10.1 Å². The third-order valence-corrected chi connectivity index (χ3v) is 4.90. The number of nitrogens with zero attached hydrogens (tertiary/aromatic N) is 2. The number of thiol groups is 2. The van der Waals surface area contributed by atoms with E-state index in [2.05, 4.69) is 25.3 Å². The van der Waals surface area contributed by atoms with Crippen LogP contribution in [0.25, 0.3) is 0 Å². The summed E-state index contributed by atoms with van der Waals surface area (Å²) >= 11 is 14.6. The van der Waals surface area contributed by atoms with Crippen molar-refractivity contribution < 1.29 is 18.9 Å². The molecule has 0 aliphatic heterocycles. The zero-order valence-corrected chi connectivity index (χ0v) is 17.0. The summed E-state index contributed by atoms with van der Waals surface area (Å²) in [6.45, 7) is 5.29. The number of hydrogen-bond donors (Lipinski definition) is 2. The van der Waals surface area contributed by atoms with E-state index in [1.807, 2.05) is 9.13 Å². The molecule has 1 rings (SSSR count). The highest BCUT2D eigenvalue weighted by Gasteiger charge is 2.12. The van der Waals surface area contributed by atoms with E-state index in [0.717, 1.165) is 40.8 Å². The monoisotopic (exact) mass is 396 g/mol. The fourth-order valence-corrected chi connectivity index (χ4v) is 3.24. The average Bonchev–Trinajstić information content (AvgIpc) is 2.78. The smallest absolute Gasteiger partial charge is 0.181 e. The van der Waals surface area contributed by atoms with Gasteiger partial charge in [0.05, 0.1) is 26.4 Å². The van der Waals surface area contributed by atoms with E-state index in [4.69, 9.17) is 31.2 Å².